The predicted octanol–water partition coefficient (Wildman–Crippen LogP) is 8.86. The minimum Gasteiger partial charge on any atom is -0.361 e. The van der Waals surface area contributed by atoms with E-state index in [1.54, 1.807) is 12.4 Å². The Morgan fingerprint density at radius 3 is 2.53 bits per heavy atom. The molecule has 4 aromatic rings. The number of rotatable bonds is 9. The predicted molar refractivity (Wildman–Crippen MR) is 180 cm³/mol. The highest BCUT2D eigenvalue weighted by atomic mass is 32.1. The summed E-state index contributed by atoms with van der Waals surface area (Å²) in [5.41, 5.74) is 1.03. The van der Waals surface area contributed by atoms with Crippen molar-refractivity contribution in [2.45, 2.75) is 91.2 Å². The zero-order chi connectivity index (χ0) is 32.8. The second-order valence-corrected chi connectivity index (χ2v) is 21.7. The van der Waals surface area contributed by atoms with Gasteiger partial charge in [-0.15, -0.1) is 11.3 Å². The third kappa shape index (κ3) is 8.14. The minimum atomic E-state index is -4.63. The van der Waals surface area contributed by atoms with Crippen LogP contribution in [-0.2, 0) is 17.6 Å². The molecule has 4 heterocycles. The molecule has 0 bridgehead atoms. The summed E-state index contributed by atoms with van der Waals surface area (Å²) in [6.45, 7) is 20.4. The molecule has 1 N–H and O–H groups in total. The van der Waals surface area contributed by atoms with E-state index in [0.29, 0.717) is 17.6 Å². The molecule has 3 aromatic heterocycles. The summed E-state index contributed by atoms with van der Waals surface area (Å²) in [7, 11) is -1.31. The molecule has 0 spiro atoms. The number of likely N-dealkylation sites (tertiary alicyclic amines) is 1. The number of anilines is 1. The lowest BCUT2D eigenvalue weighted by Gasteiger charge is -2.48. The number of aromatic nitrogens is 4. The average molecular weight is 659 g/mol. The number of nitrogens with zero attached hydrogens (tertiary/aromatic N) is 5. The molecule has 12 heteroatoms. The topological polar surface area (TPSA) is 68.1 Å². The Balaban J connectivity index is 1.55. The van der Waals surface area contributed by atoms with Gasteiger partial charge < -0.3 is 14.6 Å². The summed E-state index contributed by atoms with van der Waals surface area (Å²) in [6.07, 6.45) is 0.613. The van der Waals surface area contributed by atoms with E-state index in [9.17, 15) is 13.2 Å². The van der Waals surface area contributed by atoms with Gasteiger partial charge in [0.15, 0.2) is 0 Å². The van der Waals surface area contributed by atoms with Crippen molar-refractivity contribution in [3.8, 4) is 21.8 Å². The fourth-order valence-electron chi connectivity index (χ4n) is 5.93. The zero-order valence-corrected chi connectivity index (χ0v) is 29.4. The molecule has 244 valence electrons. The third-order valence-electron chi connectivity index (χ3n) is 8.28. The first-order valence-corrected chi connectivity index (χ1v) is 20.1. The van der Waals surface area contributed by atoms with Crippen LogP contribution in [0, 0.1) is 5.41 Å². The van der Waals surface area contributed by atoms with Gasteiger partial charge in [-0.3, -0.25) is 4.90 Å². The van der Waals surface area contributed by atoms with E-state index in [1.807, 2.05) is 28.1 Å². The van der Waals surface area contributed by atoms with Crippen molar-refractivity contribution >= 4 is 36.3 Å². The Hall–Kier alpha value is -2.80. The Bertz CT molecular complexity index is 1620. The smallest absolute Gasteiger partial charge is 0.361 e. The van der Waals surface area contributed by atoms with Crippen LogP contribution < -0.4 is 5.32 Å². The van der Waals surface area contributed by atoms with E-state index >= 15 is 0 Å². The second kappa shape index (κ2) is 12.4. The van der Waals surface area contributed by atoms with Crippen LogP contribution in [0.1, 0.15) is 46.6 Å². The molecule has 1 atom stereocenters. The molecule has 45 heavy (non-hydrogen) atoms. The van der Waals surface area contributed by atoms with Crippen molar-refractivity contribution in [2.24, 2.45) is 5.41 Å². The lowest BCUT2D eigenvalue weighted by Crippen LogP contribution is -2.56. The number of ether oxygens (including phenoxy) is 1. The molecule has 0 saturated carbocycles. The van der Waals surface area contributed by atoms with Gasteiger partial charge in [-0.1, -0.05) is 45.6 Å². The number of piperidine rings is 1. The normalized spacial score (nSPS) is 18.1. The molecule has 0 amide bonds. The summed E-state index contributed by atoms with van der Waals surface area (Å²) in [4.78, 5) is 15.6. The van der Waals surface area contributed by atoms with E-state index in [1.165, 1.54) is 11.3 Å². The molecule has 1 aliphatic rings. The SMILES string of the molecule is CC1(C)C[C@H](Nc2ncc(C(F)(F)F)c(-c3cn(COCC[Si](C)(C)C)c4cc(-c5nccs5)ccc34)n2)CN(C(C)(C)C)C1. The van der Waals surface area contributed by atoms with E-state index in [0.717, 1.165) is 47.8 Å². The molecular formula is C33H45F3N6OSSi. The van der Waals surface area contributed by atoms with Gasteiger partial charge in [-0.2, -0.15) is 13.2 Å². The van der Waals surface area contributed by atoms with Gasteiger partial charge >= 0.3 is 6.18 Å². The van der Waals surface area contributed by atoms with Gasteiger partial charge in [0.2, 0.25) is 5.95 Å². The molecule has 0 aliphatic carbocycles. The van der Waals surface area contributed by atoms with Gasteiger partial charge in [0.25, 0.3) is 0 Å². The molecule has 1 fully saturated rings. The summed E-state index contributed by atoms with van der Waals surface area (Å²) >= 11 is 1.52. The van der Waals surface area contributed by atoms with Crippen LogP contribution in [0.2, 0.25) is 25.7 Å². The summed E-state index contributed by atoms with van der Waals surface area (Å²) in [5, 5.41) is 6.81. The number of halogens is 3. The number of fused-ring (bicyclic) bond motifs is 1. The number of nitrogens with one attached hydrogen (secondary N) is 1. The lowest BCUT2D eigenvalue weighted by molar-refractivity contribution is -0.137. The summed E-state index contributed by atoms with van der Waals surface area (Å²) in [6, 6.07) is 6.71. The Kier molecular flexibility index (Phi) is 9.26. The Labute approximate surface area is 269 Å². The molecule has 5 rings (SSSR count). The van der Waals surface area contributed by atoms with Crippen molar-refractivity contribution in [2.75, 3.05) is 25.0 Å². The molecule has 0 unspecified atom stereocenters. The van der Waals surface area contributed by atoms with Gasteiger partial charge in [0.05, 0.1) is 11.2 Å². The first-order valence-electron chi connectivity index (χ1n) is 15.5. The first kappa shape index (κ1) is 33.6. The van der Waals surface area contributed by atoms with Crippen LogP contribution >= 0.6 is 11.3 Å². The molecule has 1 saturated heterocycles. The van der Waals surface area contributed by atoms with Crippen LogP contribution in [0.25, 0.3) is 32.7 Å². The number of hydrogen-bond acceptors (Lipinski definition) is 7. The molecule has 7 nitrogen and oxygen atoms in total. The van der Waals surface area contributed by atoms with Gasteiger partial charge in [-0.05, 0) is 44.7 Å². The maximum absolute atomic E-state index is 14.5. The average Bonchev–Trinajstić information content (AvgIpc) is 3.57. The second-order valence-electron chi connectivity index (χ2n) is 15.1. The fraction of sp³-hybridized carbons (Fsp3) is 0.545. The maximum atomic E-state index is 14.5. The van der Waals surface area contributed by atoms with Crippen molar-refractivity contribution < 1.29 is 17.9 Å². The van der Waals surface area contributed by atoms with Crippen LogP contribution in [0.3, 0.4) is 0 Å². The van der Waals surface area contributed by atoms with Gasteiger partial charge in [0, 0.05) is 79.8 Å². The maximum Gasteiger partial charge on any atom is 0.419 e. The number of hydrogen-bond donors (Lipinski definition) is 1. The monoisotopic (exact) mass is 658 g/mol. The van der Waals surface area contributed by atoms with Crippen LogP contribution in [0.15, 0.2) is 42.2 Å². The Morgan fingerprint density at radius 1 is 1.13 bits per heavy atom. The van der Waals surface area contributed by atoms with Crippen molar-refractivity contribution in [1.82, 2.24) is 24.4 Å². The van der Waals surface area contributed by atoms with Gasteiger partial charge in [-0.25, -0.2) is 15.0 Å². The summed E-state index contributed by atoms with van der Waals surface area (Å²) in [5.74, 6) is 0.196. The standard InChI is InChI=1S/C33H45F3N6OSSi/c1-31(2,3)42-18-23(16-32(4,5)20-42)39-30-38-17-26(33(34,35)36)28(40-30)25-19-41(21-43-12-14-45(6,7)8)27-15-22(9-10-24(25)27)29-37-11-13-44-29/h9-11,13,15,17,19,23H,12,14,16,18,20-21H2,1-8H3,(H,38,39,40)/t23-/m0/s1. The molecule has 0 radical (unpaired) electrons. The van der Waals surface area contributed by atoms with Crippen LogP contribution in [-0.4, -0.2) is 63.8 Å². The first-order chi connectivity index (χ1) is 20.9. The van der Waals surface area contributed by atoms with Gasteiger partial charge in [0.1, 0.15) is 17.3 Å². The number of thiazole rings is 1. The minimum absolute atomic E-state index is 0.0143. The molecular weight excluding hydrogens is 614 g/mol. The summed E-state index contributed by atoms with van der Waals surface area (Å²) < 4.78 is 51.4. The van der Waals surface area contributed by atoms with Crippen molar-refractivity contribution in [3.63, 3.8) is 0 Å². The fourth-order valence-corrected chi connectivity index (χ4v) is 7.32. The molecule has 1 aliphatic heterocycles. The number of benzene rings is 1. The van der Waals surface area contributed by atoms with Crippen molar-refractivity contribution in [1.29, 1.82) is 0 Å². The third-order valence-corrected chi connectivity index (χ3v) is 10.8. The highest BCUT2D eigenvalue weighted by Gasteiger charge is 2.39. The Morgan fingerprint density at radius 2 is 1.89 bits per heavy atom. The van der Waals surface area contributed by atoms with Crippen molar-refractivity contribution in [3.05, 3.63) is 47.7 Å². The quantitative estimate of drug-likeness (QED) is 0.143. The molecule has 1 aromatic carbocycles. The highest BCUT2D eigenvalue weighted by Crippen LogP contribution is 2.41. The zero-order valence-electron chi connectivity index (χ0n) is 27.5. The number of alkyl halides is 3. The highest BCUT2D eigenvalue weighted by molar-refractivity contribution is 7.13. The van der Waals surface area contributed by atoms with E-state index < -0.39 is 19.8 Å². The van der Waals surface area contributed by atoms with E-state index in [2.05, 4.69) is 79.4 Å². The van der Waals surface area contributed by atoms with E-state index in [-0.39, 0.29) is 35.4 Å². The van der Waals surface area contributed by atoms with Crippen LogP contribution in [0.4, 0.5) is 19.1 Å². The van der Waals surface area contributed by atoms with E-state index in [4.69, 9.17) is 4.74 Å². The lowest BCUT2D eigenvalue weighted by atomic mass is 9.80. The van der Waals surface area contributed by atoms with Crippen LogP contribution in [0.5, 0.6) is 0 Å². The largest absolute Gasteiger partial charge is 0.419 e.